The summed E-state index contributed by atoms with van der Waals surface area (Å²) in [7, 11) is -3.65. The molecule has 1 heterocycles. The Morgan fingerprint density at radius 1 is 1.38 bits per heavy atom. The van der Waals surface area contributed by atoms with Crippen molar-refractivity contribution in [1.29, 1.82) is 0 Å². The molecular weight excluding hydrogens is 291 g/mol. The summed E-state index contributed by atoms with van der Waals surface area (Å²) in [5.74, 6) is -0.186. The molecule has 0 saturated carbocycles. The van der Waals surface area contributed by atoms with E-state index in [4.69, 9.17) is 0 Å². The van der Waals surface area contributed by atoms with Crippen molar-refractivity contribution in [3.63, 3.8) is 0 Å². The van der Waals surface area contributed by atoms with Gasteiger partial charge in [0, 0.05) is 19.1 Å². The molecule has 4 nitrogen and oxygen atoms in total. The second-order valence-corrected chi connectivity index (χ2v) is 7.66. The molecule has 1 fully saturated rings. The van der Waals surface area contributed by atoms with Crippen molar-refractivity contribution < 1.29 is 12.8 Å². The van der Waals surface area contributed by atoms with Crippen LogP contribution in [0, 0.1) is 11.7 Å². The van der Waals surface area contributed by atoms with Crippen molar-refractivity contribution in [3.05, 3.63) is 29.6 Å². The van der Waals surface area contributed by atoms with Gasteiger partial charge < -0.3 is 5.32 Å². The number of benzene rings is 1. The minimum Gasteiger partial charge on any atom is -0.313 e. The zero-order chi connectivity index (χ0) is 15.6. The Morgan fingerprint density at radius 2 is 2.10 bits per heavy atom. The molecule has 1 aliphatic heterocycles. The molecule has 0 spiro atoms. The Bertz CT molecular complexity index is 604. The second-order valence-electron chi connectivity index (χ2n) is 5.80. The smallest absolute Gasteiger partial charge is 0.243 e. The van der Waals surface area contributed by atoms with Gasteiger partial charge in [0.2, 0.25) is 10.0 Å². The lowest BCUT2D eigenvalue weighted by Crippen LogP contribution is -2.35. The second kappa shape index (κ2) is 6.42. The lowest BCUT2D eigenvalue weighted by Gasteiger charge is -2.22. The number of hydrogen-bond acceptors (Lipinski definition) is 3. The highest BCUT2D eigenvalue weighted by atomic mass is 32.2. The quantitative estimate of drug-likeness (QED) is 0.907. The van der Waals surface area contributed by atoms with E-state index in [1.807, 2.05) is 20.8 Å². The van der Waals surface area contributed by atoms with Gasteiger partial charge in [0.15, 0.2) is 0 Å². The van der Waals surface area contributed by atoms with E-state index in [1.54, 1.807) is 6.07 Å². The number of nitrogens with zero attached hydrogens (tertiary/aromatic N) is 1. The fraction of sp³-hybridized carbons (Fsp3) is 0.600. The predicted octanol–water partition coefficient (Wildman–Crippen LogP) is 2.35. The predicted molar refractivity (Wildman–Crippen MR) is 80.9 cm³/mol. The van der Waals surface area contributed by atoms with E-state index < -0.39 is 15.8 Å². The standard InChI is InChI=1S/C15H23FN2O2S/c1-4-17-9-13-5-6-14(16)8-15(13)21(19,20)18-10-11(2)7-12(18)3/h5-6,8,11-12,17H,4,7,9-10H2,1-3H3. The van der Waals surface area contributed by atoms with Gasteiger partial charge in [0.25, 0.3) is 0 Å². The van der Waals surface area contributed by atoms with E-state index in [0.717, 1.165) is 19.0 Å². The van der Waals surface area contributed by atoms with Crippen LogP contribution in [0.15, 0.2) is 23.1 Å². The van der Waals surface area contributed by atoms with Crippen LogP contribution in [-0.4, -0.2) is 31.9 Å². The Hall–Kier alpha value is -0.980. The van der Waals surface area contributed by atoms with Gasteiger partial charge in [-0.1, -0.05) is 19.9 Å². The minimum absolute atomic E-state index is 0.0414. The normalized spacial score (nSPS) is 23.6. The lowest BCUT2D eigenvalue weighted by atomic mass is 10.1. The molecule has 0 aromatic heterocycles. The molecule has 2 rings (SSSR count). The molecule has 21 heavy (non-hydrogen) atoms. The molecule has 118 valence electrons. The van der Waals surface area contributed by atoms with Crippen LogP contribution >= 0.6 is 0 Å². The maximum atomic E-state index is 13.6. The first-order valence-corrected chi connectivity index (χ1v) is 8.81. The third-order valence-corrected chi connectivity index (χ3v) is 5.97. The topological polar surface area (TPSA) is 49.4 Å². The number of rotatable bonds is 5. The number of hydrogen-bond donors (Lipinski definition) is 1. The monoisotopic (exact) mass is 314 g/mol. The fourth-order valence-corrected chi connectivity index (χ4v) is 4.89. The summed E-state index contributed by atoms with van der Waals surface area (Å²) in [4.78, 5) is 0.0874. The molecular formula is C15H23FN2O2S. The summed E-state index contributed by atoms with van der Waals surface area (Å²) in [5, 5.41) is 3.10. The van der Waals surface area contributed by atoms with Crippen LogP contribution in [0.25, 0.3) is 0 Å². The summed E-state index contributed by atoms with van der Waals surface area (Å²) < 4.78 is 40.8. The largest absolute Gasteiger partial charge is 0.313 e. The van der Waals surface area contributed by atoms with Gasteiger partial charge in [0.1, 0.15) is 5.82 Å². The zero-order valence-electron chi connectivity index (χ0n) is 12.8. The molecule has 2 unspecified atom stereocenters. The molecule has 1 aromatic rings. The molecule has 2 atom stereocenters. The van der Waals surface area contributed by atoms with E-state index in [9.17, 15) is 12.8 Å². The van der Waals surface area contributed by atoms with Crippen LogP contribution in [0.4, 0.5) is 4.39 Å². The van der Waals surface area contributed by atoms with Gasteiger partial charge in [-0.2, -0.15) is 4.31 Å². The highest BCUT2D eigenvalue weighted by Gasteiger charge is 2.37. The molecule has 0 bridgehead atoms. The highest BCUT2D eigenvalue weighted by Crippen LogP contribution is 2.30. The van der Waals surface area contributed by atoms with Crippen LogP contribution in [0.2, 0.25) is 0 Å². The molecule has 0 radical (unpaired) electrons. The minimum atomic E-state index is -3.65. The Balaban J connectivity index is 2.41. The van der Waals surface area contributed by atoms with Crippen LogP contribution in [0.3, 0.4) is 0 Å². The van der Waals surface area contributed by atoms with E-state index in [2.05, 4.69) is 5.32 Å². The molecule has 0 aliphatic carbocycles. The van der Waals surface area contributed by atoms with Gasteiger partial charge >= 0.3 is 0 Å². The van der Waals surface area contributed by atoms with Crippen molar-refractivity contribution in [3.8, 4) is 0 Å². The average molecular weight is 314 g/mol. The third-order valence-electron chi connectivity index (χ3n) is 3.91. The maximum absolute atomic E-state index is 13.6. The van der Waals surface area contributed by atoms with Crippen molar-refractivity contribution in [2.24, 2.45) is 5.92 Å². The van der Waals surface area contributed by atoms with Crippen molar-refractivity contribution in [2.45, 2.75) is 44.7 Å². The van der Waals surface area contributed by atoms with E-state index in [0.29, 0.717) is 24.6 Å². The van der Waals surface area contributed by atoms with Gasteiger partial charge in [-0.25, -0.2) is 12.8 Å². The summed E-state index contributed by atoms with van der Waals surface area (Å²) >= 11 is 0. The van der Waals surface area contributed by atoms with Gasteiger partial charge in [-0.05, 0) is 43.5 Å². The van der Waals surface area contributed by atoms with Crippen LogP contribution < -0.4 is 5.32 Å². The van der Waals surface area contributed by atoms with Gasteiger partial charge in [0.05, 0.1) is 4.90 Å². The summed E-state index contributed by atoms with van der Waals surface area (Å²) in [6.45, 7) is 7.54. The van der Waals surface area contributed by atoms with Crippen LogP contribution in [0.1, 0.15) is 32.8 Å². The molecule has 1 saturated heterocycles. The van der Waals surface area contributed by atoms with Crippen molar-refractivity contribution in [1.82, 2.24) is 9.62 Å². The van der Waals surface area contributed by atoms with Crippen LogP contribution in [-0.2, 0) is 16.6 Å². The Morgan fingerprint density at radius 3 is 2.67 bits per heavy atom. The zero-order valence-corrected chi connectivity index (χ0v) is 13.6. The first-order chi connectivity index (χ1) is 9.86. The molecule has 1 aromatic carbocycles. The molecule has 1 aliphatic rings. The van der Waals surface area contributed by atoms with Gasteiger partial charge in [-0.15, -0.1) is 0 Å². The van der Waals surface area contributed by atoms with Crippen molar-refractivity contribution in [2.75, 3.05) is 13.1 Å². The SMILES string of the molecule is CCNCc1ccc(F)cc1S(=O)(=O)N1CC(C)CC1C. The number of halogens is 1. The van der Waals surface area contributed by atoms with E-state index in [-0.39, 0.29) is 10.9 Å². The number of sulfonamides is 1. The van der Waals surface area contributed by atoms with E-state index in [1.165, 1.54) is 10.4 Å². The third kappa shape index (κ3) is 3.44. The number of nitrogens with one attached hydrogen (secondary N) is 1. The average Bonchev–Trinajstić information content (AvgIpc) is 2.77. The fourth-order valence-electron chi connectivity index (χ4n) is 2.90. The first-order valence-electron chi connectivity index (χ1n) is 7.37. The first kappa shape index (κ1) is 16.4. The van der Waals surface area contributed by atoms with Gasteiger partial charge in [-0.3, -0.25) is 0 Å². The Labute approximate surface area is 126 Å². The van der Waals surface area contributed by atoms with Crippen LogP contribution in [0.5, 0.6) is 0 Å². The molecule has 6 heteroatoms. The lowest BCUT2D eigenvalue weighted by molar-refractivity contribution is 0.404. The molecule has 0 amide bonds. The summed E-state index contributed by atoms with van der Waals surface area (Å²) in [6, 6.07) is 3.95. The van der Waals surface area contributed by atoms with Crippen molar-refractivity contribution >= 4 is 10.0 Å². The summed E-state index contributed by atoms with van der Waals surface area (Å²) in [5.41, 5.74) is 0.616. The summed E-state index contributed by atoms with van der Waals surface area (Å²) in [6.07, 6.45) is 0.844. The Kier molecular flexibility index (Phi) is 5.01. The highest BCUT2D eigenvalue weighted by molar-refractivity contribution is 7.89. The van der Waals surface area contributed by atoms with E-state index >= 15 is 0 Å². The molecule has 1 N–H and O–H groups in total. The maximum Gasteiger partial charge on any atom is 0.243 e.